The van der Waals surface area contributed by atoms with Crippen LogP contribution >= 0.6 is 0 Å². The molecule has 0 radical (unpaired) electrons. The second kappa shape index (κ2) is 45.7. The molecule has 0 aliphatic carbocycles. The predicted octanol–water partition coefficient (Wildman–Crippen LogP) is 14.8. The molecule has 0 bridgehead atoms. The number of aliphatic hydroxyl groups excluding tert-OH is 1. The van der Waals surface area contributed by atoms with E-state index in [4.69, 9.17) is 9.47 Å². The number of carbonyl (C=O) groups excluding carboxylic acids is 1. The summed E-state index contributed by atoms with van der Waals surface area (Å²) in [6.07, 6.45) is 63.6. The van der Waals surface area contributed by atoms with Gasteiger partial charge in [0, 0.05) is 13.0 Å². The predicted molar refractivity (Wildman–Crippen MR) is 232 cm³/mol. The highest BCUT2D eigenvalue weighted by molar-refractivity contribution is 5.69. The van der Waals surface area contributed by atoms with Crippen LogP contribution in [0.25, 0.3) is 0 Å². The summed E-state index contributed by atoms with van der Waals surface area (Å²) >= 11 is 0. The lowest BCUT2D eigenvalue weighted by Gasteiger charge is -2.15. The van der Waals surface area contributed by atoms with Gasteiger partial charge in [-0.3, -0.25) is 4.79 Å². The van der Waals surface area contributed by atoms with E-state index < -0.39 is 6.10 Å². The van der Waals surface area contributed by atoms with Crippen molar-refractivity contribution in [3.8, 4) is 0 Å². The number of aliphatic hydroxyl groups is 1. The van der Waals surface area contributed by atoms with Gasteiger partial charge in [0.2, 0.25) is 0 Å². The van der Waals surface area contributed by atoms with Crippen LogP contribution in [0.5, 0.6) is 0 Å². The van der Waals surface area contributed by atoms with Crippen molar-refractivity contribution in [2.24, 2.45) is 0 Å². The van der Waals surface area contributed by atoms with Gasteiger partial charge in [-0.25, -0.2) is 0 Å². The molecule has 304 valence electrons. The summed E-state index contributed by atoms with van der Waals surface area (Å²) in [5.41, 5.74) is 0. The molecule has 1 atom stereocenters. The third-order valence-electron chi connectivity index (χ3n) is 9.20. The molecular formula is C49H84O4. The Hall–Kier alpha value is -2.43. The number of hydrogen-bond donors (Lipinski definition) is 1. The first-order valence-corrected chi connectivity index (χ1v) is 22.2. The van der Waals surface area contributed by atoms with Gasteiger partial charge in [0.05, 0.1) is 13.2 Å². The standard InChI is InChI=1S/C49H84O4/c1-3-5-7-9-11-13-15-17-19-21-23-24-25-26-27-28-30-32-34-36-38-40-42-44-49(51)53-48(46-50)47-52-45-43-41-39-37-35-33-31-29-22-20-18-16-14-12-10-8-6-4-2/h6,8,12,14-15,17-18,20-21,23,25-26,29,31,48,50H,3-5,7,9-11,13,16,19,22,24,27-28,30,32-47H2,1-2H3/b8-6-,14-12-,17-15-,20-18-,23-21-,26-25-,31-29-. The number of esters is 1. The minimum Gasteiger partial charge on any atom is -0.457 e. The maximum Gasteiger partial charge on any atom is 0.306 e. The van der Waals surface area contributed by atoms with E-state index in [0.29, 0.717) is 13.0 Å². The lowest BCUT2D eigenvalue weighted by molar-refractivity contribution is -0.154. The zero-order valence-electron chi connectivity index (χ0n) is 34.8. The smallest absolute Gasteiger partial charge is 0.306 e. The molecule has 0 aliphatic heterocycles. The van der Waals surface area contributed by atoms with E-state index in [2.05, 4.69) is 98.9 Å². The van der Waals surface area contributed by atoms with E-state index >= 15 is 0 Å². The molecule has 0 amide bonds. The third kappa shape index (κ3) is 43.9. The van der Waals surface area contributed by atoms with Crippen molar-refractivity contribution in [3.63, 3.8) is 0 Å². The Bertz CT molecular complexity index is 954. The van der Waals surface area contributed by atoms with Gasteiger partial charge in [0.1, 0.15) is 6.10 Å². The molecule has 0 aromatic heterocycles. The second-order valence-electron chi connectivity index (χ2n) is 14.4. The fourth-order valence-corrected chi connectivity index (χ4v) is 5.91. The summed E-state index contributed by atoms with van der Waals surface area (Å²) in [4.78, 5) is 12.2. The highest BCUT2D eigenvalue weighted by Gasteiger charge is 2.13. The molecule has 0 rings (SSSR count). The maximum atomic E-state index is 12.2. The number of hydrogen-bond acceptors (Lipinski definition) is 4. The molecule has 53 heavy (non-hydrogen) atoms. The van der Waals surface area contributed by atoms with E-state index in [-0.39, 0.29) is 19.2 Å². The Kier molecular flexibility index (Phi) is 43.6. The van der Waals surface area contributed by atoms with E-state index in [1.54, 1.807) is 0 Å². The van der Waals surface area contributed by atoms with Crippen molar-refractivity contribution in [1.29, 1.82) is 0 Å². The molecule has 1 N–H and O–H groups in total. The van der Waals surface area contributed by atoms with Gasteiger partial charge in [0.15, 0.2) is 0 Å². The van der Waals surface area contributed by atoms with Crippen LogP contribution in [0.15, 0.2) is 85.1 Å². The minimum atomic E-state index is -0.554. The van der Waals surface area contributed by atoms with Crippen LogP contribution in [0.2, 0.25) is 0 Å². The van der Waals surface area contributed by atoms with Crippen molar-refractivity contribution >= 4 is 5.97 Å². The van der Waals surface area contributed by atoms with Crippen LogP contribution in [0.4, 0.5) is 0 Å². The van der Waals surface area contributed by atoms with Crippen LogP contribution in [-0.4, -0.2) is 37.0 Å². The molecule has 0 saturated heterocycles. The number of carbonyl (C=O) groups is 1. The van der Waals surface area contributed by atoms with E-state index in [1.165, 1.54) is 103 Å². The zero-order chi connectivity index (χ0) is 38.4. The molecule has 4 nitrogen and oxygen atoms in total. The lowest BCUT2D eigenvalue weighted by Crippen LogP contribution is -2.27. The van der Waals surface area contributed by atoms with Crippen molar-refractivity contribution in [2.45, 2.75) is 200 Å². The first kappa shape index (κ1) is 50.6. The minimum absolute atomic E-state index is 0.187. The van der Waals surface area contributed by atoms with Crippen LogP contribution in [0, 0.1) is 0 Å². The SMILES string of the molecule is CC/C=C\C/C=C\C/C=C\C/C=C\CCCCCCCOCC(CO)OC(=O)CCCCCCCCCC/C=C\C/C=C\C/C=C\CCCCCCC. The van der Waals surface area contributed by atoms with Gasteiger partial charge < -0.3 is 14.6 Å². The fraction of sp³-hybridized carbons (Fsp3) is 0.694. The maximum absolute atomic E-state index is 12.2. The highest BCUT2D eigenvalue weighted by atomic mass is 16.6. The first-order chi connectivity index (χ1) is 26.2. The molecule has 0 spiro atoms. The van der Waals surface area contributed by atoms with Crippen LogP contribution in [0.1, 0.15) is 194 Å². The zero-order valence-corrected chi connectivity index (χ0v) is 34.8. The average Bonchev–Trinajstić information content (AvgIpc) is 3.16. The molecule has 0 saturated carbocycles. The summed E-state index contributed by atoms with van der Waals surface area (Å²) in [6, 6.07) is 0. The Labute approximate surface area is 329 Å². The first-order valence-electron chi connectivity index (χ1n) is 22.2. The summed E-state index contributed by atoms with van der Waals surface area (Å²) in [6.45, 7) is 5.17. The summed E-state index contributed by atoms with van der Waals surface area (Å²) < 4.78 is 11.1. The highest BCUT2D eigenvalue weighted by Crippen LogP contribution is 2.12. The van der Waals surface area contributed by atoms with E-state index in [0.717, 1.165) is 70.6 Å². The van der Waals surface area contributed by atoms with Crippen molar-refractivity contribution in [2.75, 3.05) is 19.8 Å². The number of rotatable bonds is 40. The van der Waals surface area contributed by atoms with Crippen molar-refractivity contribution in [1.82, 2.24) is 0 Å². The average molecular weight is 737 g/mol. The second-order valence-corrected chi connectivity index (χ2v) is 14.4. The van der Waals surface area contributed by atoms with Gasteiger partial charge >= 0.3 is 5.97 Å². The molecule has 0 fully saturated rings. The Morgan fingerprint density at radius 3 is 1.28 bits per heavy atom. The Balaban J connectivity index is 3.52. The molecule has 1 unspecified atom stereocenters. The number of ether oxygens (including phenoxy) is 2. The van der Waals surface area contributed by atoms with Gasteiger partial charge in [-0.05, 0) is 89.9 Å². The summed E-state index contributed by atoms with van der Waals surface area (Å²) in [5.74, 6) is -0.218. The summed E-state index contributed by atoms with van der Waals surface area (Å²) in [7, 11) is 0. The molecule has 0 aliphatic rings. The molecule has 0 aromatic carbocycles. The van der Waals surface area contributed by atoms with Gasteiger partial charge in [-0.1, -0.05) is 182 Å². The molecule has 0 aromatic rings. The molecule has 4 heteroatoms. The molecule has 0 heterocycles. The fourth-order valence-electron chi connectivity index (χ4n) is 5.91. The molecular weight excluding hydrogens is 653 g/mol. The van der Waals surface area contributed by atoms with Crippen molar-refractivity contribution < 1.29 is 19.4 Å². The topological polar surface area (TPSA) is 55.8 Å². The van der Waals surface area contributed by atoms with Gasteiger partial charge in [-0.2, -0.15) is 0 Å². The van der Waals surface area contributed by atoms with Crippen LogP contribution < -0.4 is 0 Å². The van der Waals surface area contributed by atoms with Gasteiger partial charge in [0.25, 0.3) is 0 Å². The van der Waals surface area contributed by atoms with Gasteiger partial charge in [-0.15, -0.1) is 0 Å². The summed E-state index contributed by atoms with van der Waals surface area (Å²) in [5, 5.41) is 9.61. The monoisotopic (exact) mass is 737 g/mol. The Morgan fingerprint density at radius 1 is 0.472 bits per heavy atom. The largest absolute Gasteiger partial charge is 0.457 e. The number of allylic oxidation sites excluding steroid dienone is 14. The Morgan fingerprint density at radius 2 is 0.849 bits per heavy atom. The van der Waals surface area contributed by atoms with Crippen LogP contribution in [0.3, 0.4) is 0 Å². The van der Waals surface area contributed by atoms with E-state index in [9.17, 15) is 9.90 Å². The number of unbranched alkanes of at least 4 members (excludes halogenated alkanes) is 18. The quantitative estimate of drug-likeness (QED) is 0.0387. The van der Waals surface area contributed by atoms with E-state index in [1.807, 2.05) is 0 Å². The van der Waals surface area contributed by atoms with Crippen LogP contribution in [-0.2, 0) is 14.3 Å². The third-order valence-corrected chi connectivity index (χ3v) is 9.20. The van der Waals surface area contributed by atoms with Crippen molar-refractivity contribution in [3.05, 3.63) is 85.1 Å². The normalized spacial score (nSPS) is 13.2. The lowest BCUT2D eigenvalue weighted by atomic mass is 10.1.